The van der Waals surface area contributed by atoms with Crippen LogP contribution in [0.4, 0.5) is 0 Å². The maximum Gasteiger partial charge on any atom is 0.222 e. The highest BCUT2D eigenvalue weighted by Crippen LogP contribution is 2.42. The van der Waals surface area contributed by atoms with Crippen LogP contribution in [-0.4, -0.2) is 17.6 Å². The molecule has 0 saturated carbocycles. The molecule has 0 bridgehead atoms. The number of thioether (sulfide) groups is 1. The minimum absolute atomic E-state index is 0.0384. The van der Waals surface area contributed by atoms with Crippen LogP contribution in [0.2, 0.25) is 0 Å². The molecule has 1 N–H and O–H groups in total. The van der Waals surface area contributed by atoms with Crippen LogP contribution in [0.3, 0.4) is 0 Å². The molecule has 1 heterocycles. The van der Waals surface area contributed by atoms with Crippen LogP contribution in [-0.2, 0) is 9.54 Å². The molecule has 1 amide bonds. The van der Waals surface area contributed by atoms with Gasteiger partial charge < -0.3 is 5.32 Å². The van der Waals surface area contributed by atoms with Gasteiger partial charge in [0.2, 0.25) is 5.91 Å². The molecule has 96 valence electrons. The van der Waals surface area contributed by atoms with Gasteiger partial charge in [-0.05, 0) is 31.0 Å². The van der Waals surface area contributed by atoms with Gasteiger partial charge in [0.15, 0.2) is 5.17 Å². The summed E-state index contributed by atoms with van der Waals surface area (Å²) < 4.78 is 1.04. The smallest absolute Gasteiger partial charge is 0.222 e. The highest BCUT2D eigenvalue weighted by molar-refractivity contribution is 9.10. The molecule has 1 aliphatic heterocycles. The minimum atomic E-state index is -0.0697. The molecular weight excluding hydrogens is 312 g/mol. The van der Waals surface area contributed by atoms with Crippen molar-refractivity contribution in [2.45, 2.75) is 25.0 Å². The Morgan fingerprint density at radius 1 is 1.56 bits per heavy atom. The maximum atomic E-state index is 11.1. The van der Waals surface area contributed by atoms with Crippen molar-refractivity contribution < 1.29 is 4.79 Å². The number of carbonyl (C=O) groups is 1. The second kappa shape index (κ2) is 5.45. The number of amidine groups is 1. The number of amides is 1. The van der Waals surface area contributed by atoms with E-state index in [0.29, 0.717) is 0 Å². The molecule has 5 heteroatoms. The van der Waals surface area contributed by atoms with Gasteiger partial charge in [0.1, 0.15) is 0 Å². The van der Waals surface area contributed by atoms with E-state index in [1.165, 1.54) is 12.5 Å². The molecule has 0 aliphatic carbocycles. The standard InChI is InChI=1S/C13H15BrN2OS/c1-9(17)16-12-15-7-6-13(2,18-12)10-4-3-5-11(14)8-10/h3-5,8H,6-7H2,1-2H3,(H,15,16,17). The average molecular weight is 327 g/mol. The van der Waals surface area contributed by atoms with Crippen LogP contribution in [0.25, 0.3) is 0 Å². The van der Waals surface area contributed by atoms with Crippen molar-refractivity contribution in [1.29, 1.82) is 0 Å². The van der Waals surface area contributed by atoms with E-state index in [-0.39, 0.29) is 10.7 Å². The lowest BCUT2D eigenvalue weighted by Gasteiger charge is -2.32. The fraction of sp³-hybridized carbons (Fsp3) is 0.385. The third-order valence-corrected chi connectivity index (χ3v) is 4.69. The van der Waals surface area contributed by atoms with Gasteiger partial charge in [0.25, 0.3) is 0 Å². The first kappa shape index (κ1) is 13.6. The molecule has 1 aromatic rings. The fourth-order valence-electron chi connectivity index (χ4n) is 1.90. The Morgan fingerprint density at radius 2 is 2.33 bits per heavy atom. The van der Waals surface area contributed by atoms with Gasteiger partial charge in [-0.25, -0.2) is 0 Å². The summed E-state index contributed by atoms with van der Waals surface area (Å²) in [6, 6.07) is 8.30. The normalized spacial score (nSPS) is 23.4. The Morgan fingerprint density at radius 3 is 3.00 bits per heavy atom. The van der Waals surface area contributed by atoms with E-state index in [4.69, 9.17) is 0 Å². The molecule has 0 fully saturated rings. The largest absolute Gasteiger partial charge is 0.306 e. The Bertz CT molecular complexity index is 504. The molecule has 2 rings (SSSR count). The molecule has 18 heavy (non-hydrogen) atoms. The average Bonchev–Trinajstić information content (AvgIpc) is 2.28. The third kappa shape index (κ3) is 3.14. The highest BCUT2D eigenvalue weighted by atomic mass is 79.9. The van der Waals surface area contributed by atoms with E-state index in [9.17, 15) is 4.79 Å². The Balaban J connectivity index is 2.22. The SMILES string of the molecule is CC(=O)NC1=NCCC(C)(c2cccc(Br)c2)S1. The quantitative estimate of drug-likeness (QED) is 0.860. The van der Waals surface area contributed by atoms with Gasteiger partial charge in [0, 0.05) is 22.7 Å². The lowest BCUT2D eigenvalue weighted by molar-refractivity contribution is -0.117. The zero-order chi connectivity index (χ0) is 13.2. The zero-order valence-corrected chi connectivity index (χ0v) is 12.8. The summed E-state index contributed by atoms with van der Waals surface area (Å²) in [7, 11) is 0. The zero-order valence-electron chi connectivity index (χ0n) is 10.4. The number of rotatable bonds is 1. The number of carbonyl (C=O) groups excluding carboxylic acids is 1. The van der Waals surface area contributed by atoms with Crippen molar-refractivity contribution in [2.75, 3.05) is 6.54 Å². The van der Waals surface area contributed by atoms with Gasteiger partial charge in [-0.2, -0.15) is 0 Å². The fourth-order valence-corrected chi connectivity index (χ4v) is 3.52. The van der Waals surface area contributed by atoms with E-state index >= 15 is 0 Å². The van der Waals surface area contributed by atoms with Crippen molar-refractivity contribution >= 4 is 38.8 Å². The summed E-state index contributed by atoms with van der Waals surface area (Å²) in [6.07, 6.45) is 0.969. The summed E-state index contributed by atoms with van der Waals surface area (Å²) in [4.78, 5) is 15.4. The molecule has 0 spiro atoms. The monoisotopic (exact) mass is 326 g/mol. The first-order valence-electron chi connectivity index (χ1n) is 5.77. The van der Waals surface area contributed by atoms with Gasteiger partial charge in [-0.3, -0.25) is 9.79 Å². The van der Waals surface area contributed by atoms with E-state index in [1.807, 2.05) is 12.1 Å². The van der Waals surface area contributed by atoms with E-state index in [1.54, 1.807) is 11.8 Å². The van der Waals surface area contributed by atoms with E-state index in [0.717, 1.165) is 22.6 Å². The predicted octanol–water partition coefficient (Wildman–Crippen LogP) is 3.29. The lowest BCUT2D eigenvalue weighted by atomic mass is 9.96. The van der Waals surface area contributed by atoms with Crippen molar-refractivity contribution in [3.05, 3.63) is 34.3 Å². The molecule has 0 aromatic heterocycles. The minimum Gasteiger partial charge on any atom is -0.306 e. The summed E-state index contributed by atoms with van der Waals surface area (Å²) in [5.41, 5.74) is 1.25. The van der Waals surface area contributed by atoms with Crippen LogP contribution in [0.5, 0.6) is 0 Å². The molecule has 1 aliphatic rings. The maximum absolute atomic E-state index is 11.1. The van der Waals surface area contributed by atoms with Crippen LogP contribution in [0, 0.1) is 0 Å². The summed E-state index contributed by atoms with van der Waals surface area (Å²) in [5, 5.41) is 3.50. The number of hydrogen-bond acceptors (Lipinski definition) is 3. The van der Waals surface area contributed by atoms with Gasteiger partial charge >= 0.3 is 0 Å². The Kier molecular flexibility index (Phi) is 4.12. The third-order valence-electron chi connectivity index (χ3n) is 2.88. The van der Waals surface area contributed by atoms with Crippen molar-refractivity contribution in [3.63, 3.8) is 0 Å². The number of aliphatic imine (C=N–C) groups is 1. The molecule has 0 radical (unpaired) electrons. The molecule has 0 saturated heterocycles. The first-order chi connectivity index (χ1) is 8.49. The van der Waals surface area contributed by atoms with Crippen molar-refractivity contribution in [3.8, 4) is 0 Å². The molecule has 1 aromatic carbocycles. The van der Waals surface area contributed by atoms with Crippen LogP contribution >= 0.6 is 27.7 Å². The molecule has 1 unspecified atom stereocenters. The molecule has 1 atom stereocenters. The number of benzene rings is 1. The summed E-state index contributed by atoms with van der Waals surface area (Å²) in [6.45, 7) is 4.44. The van der Waals surface area contributed by atoms with Gasteiger partial charge in [0.05, 0.1) is 0 Å². The number of hydrogen-bond donors (Lipinski definition) is 1. The highest BCUT2D eigenvalue weighted by Gasteiger charge is 2.32. The molecule has 3 nitrogen and oxygen atoms in total. The van der Waals surface area contributed by atoms with Crippen LogP contribution in [0.1, 0.15) is 25.8 Å². The summed E-state index contributed by atoms with van der Waals surface area (Å²) >= 11 is 5.12. The second-order valence-corrected chi connectivity index (χ2v) is 6.87. The van der Waals surface area contributed by atoms with E-state index in [2.05, 4.69) is 45.3 Å². The number of nitrogens with zero attached hydrogens (tertiary/aromatic N) is 1. The van der Waals surface area contributed by atoms with Crippen molar-refractivity contribution in [2.24, 2.45) is 4.99 Å². The number of nitrogens with one attached hydrogen (secondary N) is 1. The predicted molar refractivity (Wildman–Crippen MR) is 79.8 cm³/mol. The topological polar surface area (TPSA) is 41.5 Å². The van der Waals surface area contributed by atoms with Crippen LogP contribution < -0.4 is 5.32 Å². The molecular formula is C13H15BrN2OS. The van der Waals surface area contributed by atoms with Crippen molar-refractivity contribution in [1.82, 2.24) is 5.32 Å². The lowest BCUT2D eigenvalue weighted by Crippen LogP contribution is -2.34. The first-order valence-corrected chi connectivity index (χ1v) is 7.38. The van der Waals surface area contributed by atoms with Crippen LogP contribution in [0.15, 0.2) is 33.7 Å². The second-order valence-electron chi connectivity index (χ2n) is 4.46. The van der Waals surface area contributed by atoms with Gasteiger partial charge in [-0.1, -0.05) is 39.8 Å². The summed E-state index contributed by atoms with van der Waals surface area (Å²) in [5.74, 6) is -0.0697. The Hall–Kier alpha value is -0.810. The van der Waals surface area contributed by atoms with Gasteiger partial charge in [-0.15, -0.1) is 0 Å². The Labute approximate surface area is 120 Å². The number of halogens is 1. The van der Waals surface area contributed by atoms with E-state index < -0.39 is 0 Å².